The minimum Gasteiger partial charge on any atom is -0.496 e. The van der Waals surface area contributed by atoms with Crippen molar-refractivity contribution in [2.75, 3.05) is 7.11 Å². The highest BCUT2D eigenvalue weighted by molar-refractivity contribution is 6.09. The maximum atomic E-state index is 12.5. The van der Waals surface area contributed by atoms with E-state index in [0.717, 1.165) is 11.3 Å². The van der Waals surface area contributed by atoms with E-state index in [-0.39, 0.29) is 5.78 Å². The van der Waals surface area contributed by atoms with Crippen molar-refractivity contribution in [2.45, 2.75) is 13.8 Å². The molecule has 0 unspecified atom stereocenters. The number of hydrogen-bond donors (Lipinski definition) is 0. The Labute approximate surface area is 106 Å². The van der Waals surface area contributed by atoms with Crippen molar-refractivity contribution in [2.24, 2.45) is 7.05 Å². The molecule has 1 aromatic carbocycles. The SMILES string of the molecule is COc1ccc(C)cc1C(=O)c1cc(C)nn1C. The molecule has 2 rings (SSSR count). The zero-order valence-electron chi connectivity index (χ0n) is 11.0. The lowest BCUT2D eigenvalue weighted by molar-refractivity contribution is 0.102. The van der Waals surface area contributed by atoms with Crippen LogP contribution in [-0.2, 0) is 7.05 Å². The lowest BCUT2D eigenvalue weighted by Crippen LogP contribution is -2.09. The first kappa shape index (κ1) is 12.4. The lowest BCUT2D eigenvalue weighted by atomic mass is 10.0. The zero-order chi connectivity index (χ0) is 13.3. The van der Waals surface area contributed by atoms with Gasteiger partial charge in [0.15, 0.2) is 0 Å². The fraction of sp³-hybridized carbons (Fsp3) is 0.286. The van der Waals surface area contributed by atoms with Crippen LogP contribution in [0.4, 0.5) is 0 Å². The number of nitrogens with zero attached hydrogens (tertiary/aromatic N) is 2. The van der Waals surface area contributed by atoms with Gasteiger partial charge in [0.25, 0.3) is 0 Å². The molecule has 1 heterocycles. The summed E-state index contributed by atoms with van der Waals surface area (Å²) in [5.41, 5.74) is 2.99. The summed E-state index contributed by atoms with van der Waals surface area (Å²) in [6.45, 7) is 3.81. The standard InChI is InChI=1S/C14H16N2O2/c1-9-5-6-13(18-4)11(7-9)14(17)12-8-10(2)15-16(12)3/h5-8H,1-4H3. The molecule has 4 nitrogen and oxygen atoms in total. The van der Waals surface area contributed by atoms with Crippen LogP contribution < -0.4 is 4.74 Å². The summed E-state index contributed by atoms with van der Waals surface area (Å²) >= 11 is 0. The maximum Gasteiger partial charge on any atom is 0.214 e. The van der Waals surface area contributed by atoms with Crippen molar-refractivity contribution in [1.29, 1.82) is 0 Å². The number of carbonyl (C=O) groups is 1. The van der Waals surface area contributed by atoms with E-state index in [2.05, 4.69) is 5.10 Å². The van der Waals surface area contributed by atoms with Gasteiger partial charge in [-0.15, -0.1) is 0 Å². The largest absolute Gasteiger partial charge is 0.496 e. The summed E-state index contributed by atoms with van der Waals surface area (Å²) in [5.74, 6) is 0.517. The Balaban J connectivity index is 2.51. The van der Waals surface area contributed by atoms with E-state index in [4.69, 9.17) is 4.74 Å². The van der Waals surface area contributed by atoms with Crippen molar-refractivity contribution < 1.29 is 9.53 Å². The first-order valence-corrected chi connectivity index (χ1v) is 5.73. The Kier molecular flexibility index (Phi) is 3.19. The molecule has 0 radical (unpaired) electrons. The second-order valence-corrected chi connectivity index (χ2v) is 4.33. The number of hydrogen-bond acceptors (Lipinski definition) is 3. The molecule has 0 atom stereocenters. The number of ether oxygens (including phenoxy) is 1. The van der Waals surface area contributed by atoms with Crippen LogP contribution in [0.25, 0.3) is 0 Å². The molecule has 4 heteroatoms. The number of ketones is 1. The van der Waals surface area contributed by atoms with Gasteiger partial charge in [0, 0.05) is 7.05 Å². The first-order chi connectivity index (χ1) is 8.52. The average molecular weight is 244 g/mol. The summed E-state index contributed by atoms with van der Waals surface area (Å²) in [6, 6.07) is 7.35. The molecular weight excluding hydrogens is 228 g/mol. The van der Waals surface area contributed by atoms with Gasteiger partial charge >= 0.3 is 0 Å². The highest BCUT2D eigenvalue weighted by Crippen LogP contribution is 2.23. The van der Waals surface area contributed by atoms with Crippen molar-refractivity contribution in [1.82, 2.24) is 9.78 Å². The Morgan fingerprint density at radius 2 is 2.00 bits per heavy atom. The van der Waals surface area contributed by atoms with Gasteiger partial charge in [-0.1, -0.05) is 11.6 Å². The van der Waals surface area contributed by atoms with Crippen LogP contribution >= 0.6 is 0 Å². The van der Waals surface area contributed by atoms with Crippen LogP contribution in [0.1, 0.15) is 27.3 Å². The van der Waals surface area contributed by atoms with E-state index in [1.165, 1.54) is 0 Å². The third kappa shape index (κ3) is 2.14. The Morgan fingerprint density at radius 1 is 1.28 bits per heavy atom. The minimum atomic E-state index is -0.0707. The van der Waals surface area contributed by atoms with Crippen LogP contribution in [0.2, 0.25) is 0 Å². The molecule has 0 aliphatic carbocycles. The second-order valence-electron chi connectivity index (χ2n) is 4.33. The predicted octanol–water partition coefficient (Wildman–Crippen LogP) is 2.28. The van der Waals surface area contributed by atoms with Gasteiger partial charge in [0.2, 0.25) is 5.78 Å². The van der Waals surface area contributed by atoms with E-state index >= 15 is 0 Å². The molecule has 0 N–H and O–H groups in total. The summed E-state index contributed by atoms with van der Waals surface area (Å²) < 4.78 is 6.84. The molecule has 0 fully saturated rings. The molecule has 0 saturated carbocycles. The highest BCUT2D eigenvalue weighted by atomic mass is 16.5. The fourth-order valence-corrected chi connectivity index (χ4v) is 1.96. The summed E-state index contributed by atoms with van der Waals surface area (Å²) in [5, 5.41) is 4.19. The summed E-state index contributed by atoms with van der Waals surface area (Å²) in [7, 11) is 3.33. The van der Waals surface area contributed by atoms with Crippen LogP contribution in [0.5, 0.6) is 5.75 Å². The van der Waals surface area contributed by atoms with E-state index in [9.17, 15) is 4.79 Å². The minimum absolute atomic E-state index is 0.0707. The van der Waals surface area contributed by atoms with Crippen molar-refractivity contribution in [3.05, 3.63) is 46.8 Å². The quantitative estimate of drug-likeness (QED) is 0.778. The van der Waals surface area contributed by atoms with Gasteiger partial charge in [-0.3, -0.25) is 9.48 Å². The molecule has 0 aliphatic rings. The third-order valence-electron chi connectivity index (χ3n) is 2.83. The third-order valence-corrected chi connectivity index (χ3v) is 2.83. The predicted molar refractivity (Wildman–Crippen MR) is 69.1 cm³/mol. The van der Waals surface area contributed by atoms with E-state index in [1.807, 2.05) is 32.0 Å². The highest BCUT2D eigenvalue weighted by Gasteiger charge is 2.18. The topological polar surface area (TPSA) is 44.1 Å². The molecule has 18 heavy (non-hydrogen) atoms. The Morgan fingerprint density at radius 3 is 2.56 bits per heavy atom. The van der Waals surface area contributed by atoms with E-state index in [0.29, 0.717) is 17.0 Å². The van der Waals surface area contributed by atoms with Crippen LogP contribution in [0.15, 0.2) is 24.3 Å². The molecule has 0 spiro atoms. The molecule has 94 valence electrons. The molecule has 0 amide bonds. The number of methoxy groups -OCH3 is 1. The van der Waals surface area contributed by atoms with Gasteiger partial charge in [-0.05, 0) is 32.0 Å². The van der Waals surface area contributed by atoms with Gasteiger partial charge in [0.05, 0.1) is 18.4 Å². The fourth-order valence-electron chi connectivity index (χ4n) is 1.96. The first-order valence-electron chi connectivity index (χ1n) is 5.73. The molecular formula is C14H16N2O2. The van der Waals surface area contributed by atoms with Gasteiger partial charge in [-0.25, -0.2) is 0 Å². The van der Waals surface area contributed by atoms with Crippen LogP contribution in [0.3, 0.4) is 0 Å². The van der Waals surface area contributed by atoms with Crippen molar-refractivity contribution >= 4 is 5.78 Å². The zero-order valence-corrected chi connectivity index (χ0v) is 11.0. The molecule has 0 bridgehead atoms. The van der Waals surface area contributed by atoms with Crippen LogP contribution in [-0.4, -0.2) is 22.7 Å². The normalized spacial score (nSPS) is 10.4. The van der Waals surface area contributed by atoms with Gasteiger partial charge in [0.1, 0.15) is 11.4 Å². The number of benzene rings is 1. The van der Waals surface area contributed by atoms with Crippen molar-refractivity contribution in [3.63, 3.8) is 0 Å². The molecule has 0 aliphatic heterocycles. The molecule has 1 aromatic heterocycles. The molecule has 0 saturated heterocycles. The summed E-state index contributed by atoms with van der Waals surface area (Å²) in [4.78, 5) is 12.5. The van der Waals surface area contributed by atoms with E-state index in [1.54, 1.807) is 24.9 Å². The molecule has 2 aromatic rings. The maximum absolute atomic E-state index is 12.5. The number of rotatable bonds is 3. The number of aromatic nitrogens is 2. The monoisotopic (exact) mass is 244 g/mol. The Hall–Kier alpha value is -2.10. The second kappa shape index (κ2) is 4.64. The van der Waals surface area contributed by atoms with Crippen LogP contribution in [0, 0.1) is 13.8 Å². The van der Waals surface area contributed by atoms with Crippen molar-refractivity contribution in [3.8, 4) is 5.75 Å². The smallest absolute Gasteiger partial charge is 0.214 e. The van der Waals surface area contributed by atoms with E-state index < -0.39 is 0 Å². The average Bonchev–Trinajstić information content (AvgIpc) is 2.67. The van der Waals surface area contributed by atoms with Gasteiger partial charge in [-0.2, -0.15) is 5.10 Å². The summed E-state index contributed by atoms with van der Waals surface area (Å²) in [6.07, 6.45) is 0. The van der Waals surface area contributed by atoms with Gasteiger partial charge < -0.3 is 4.74 Å². The number of aryl methyl sites for hydroxylation is 3. The number of carbonyl (C=O) groups excluding carboxylic acids is 1. The Bertz CT molecular complexity index is 600. The lowest BCUT2D eigenvalue weighted by Gasteiger charge is -2.08.